The number of hydrogen-bond donors (Lipinski definition) is 1. The minimum atomic E-state index is -0.137. The van der Waals surface area contributed by atoms with E-state index in [9.17, 15) is 4.79 Å². The van der Waals surface area contributed by atoms with Gasteiger partial charge in [-0.25, -0.2) is 0 Å². The van der Waals surface area contributed by atoms with Gasteiger partial charge < -0.3 is 14.5 Å². The SMILES string of the molecule is COC[C@H](C)n1c(SCc2ccccc2C(=O)NCc2ccco2)nnc1-c1ccc(C)cc1. The van der Waals surface area contributed by atoms with Crippen LogP contribution >= 0.6 is 11.8 Å². The number of methoxy groups -OCH3 is 1. The summed E-state index contributed by atoms with van der Waals surface area (Å²) in [6, 6.07) is 19.6. The molecule has 0 spiro atoms. The van der Waals surface area contributed by atoms with Gasteiger partial charge in [0, 0.05) is 24.0 Å². The summed E-state index contributed by atoms with van der Waals surface area (Å²) >= 11 is 1.56. The Morgan fingerprint density at radius 3 is 2.65 bits per heavy atom. The molecule has 1 N–H and O–H groups in total. The Morgan fingerprint density at radius 2 is 1.91 bits per heavy atom. The van der Waals surface area contributed by atoms with Crippen molar-refractivity contribution in [1.82, 2.24) is 20.1 Å². The Kier molecular flexibility index (Phi) is 7.82. The van der Waals surface area contributed by atoms with Crippen molar-refractivity contribution in [3.05, 3.63) is 89.4 Å². The standard InChI is InChI=1S/C26H28N4O3S/c1-18-10-12-20(13-11-18)24-28-29-26(30(24)19(2)16-32-3)34-17-21-7-4-5-9-23(21)25(31)27-15-22-8-6-14-33-22/h4-14,19H,15-17H2,1-3H3,(H,27,31)/t19-/m0/s1. The molecule has 2 aromatic carbocycles. The predicted molar refractivity (Wildman–Crippen MR) is 133 cm³/mol. The molecule has 0 unspecified atom stereocenters. The molecular weight excluding hydrogens is 448 g/mol. The maximum absolute atomic E-state index is 12.8. The van der Waals surface area contributed by atoms with Gasteiger partial charge in [-0.2, -0.15) is 0 Å². The first-order valence-electron chi connectivity index (χ1n) is 11.1. The molecule has 4 aromatic rings. The zero-order valence-corrected chi connectivity index (χ0v) is 20.3. The van der Waals surface area contributed by atoms with E-state index in [2.05, 4.69) is 58.2 Å². The molecule has 176 valence electrons. The van der Waals surface area contributed by atoms with E-state index in [1.807, 2.05) is 30.3 Å². The Labute approximate surface area is 203 Å². The van der Waals surface area contributed by atoms with Crippen LogP contribution in [-0.2, 0) is 17.0 Å². The summed E-state index contributed by atoms with van der Waals surface area (Å²) in [4.78, 5) is 12.8. The van der Waals surface area contributed by atoms with E-state index in [-0.39, 0.29) is 11.9 Å². The highest BCUT2D eigenvalue weighted by Crippen LogP contribution is 2.30. The second kappa shape index (κ2) is 11.2. The topological polar surface area (TPSA) is 82.2 Å². The molecular formula is C26H28N4O3S. The number of carbonyl (C=O) groups excluding carboxylic acids is 1. The number of ether oxygens (including phenoxy) is 1. The number of aryl methyl sites for hydroxylation is 1. The number of furan rings is 1. The molecule has 1 amide bonds. The Bertz CT molecular complexity index is 1220. The van der Waals surface area contributed by atoms with Crippen molar-refractivity contribution in [3.8, 4) is 11.4 Å². The molecule has 8 heteroatoms. The smallest absolute Gasteiger partial charge is 0.251 e. The molecule has 0 bridgehead atoms. The fraction of sp³-hybridized carbons (Fsp3) is 0.269. The van der Waals surface area contributed by atoms with Gasteiger partial charge >= 0.3 is 0 Å². The summed E-state index contributed by atoms with van der Waals surface area (Å²) < 4.78 is 12.8. The lowest BCUT2D eigenvalue weighted by atomic mass is 10.1. The van der Waals surface area contributed by atoms with Gasteiger partial charge in [0.1, 0.15) is 5.76 Å². The van der Waals surface area contributed by atoms with Crippen LogP contribution in [0.4, 0.5) is 0 Å². The van der Waals surface area contributed by atoms with Crippen LogP contribution in [0.5, 0.6) is 0 Å². The van der Waals surface area contributed by atoms with Gasteiger partial charge in [0.05, 0.1) is 25.5 Å². The van der Waals surface area contributed by atoms with Crippen molar-refractivity contribution in [2.45, 2.75) is 37.3 Å². The van der Waals surface area contributed by atoms with Crippen molar-refractivity contribution in [2.24, 2.45) is 0 Å². The lowest BCUT2D eigenvalue weighted by molar-refractivity contribution is 0.0947. The number of nitrogens with zero attached hydrogens (tertiary/aromatic N) is 3. The number of nitrogens with one attached hydrogen (secondary N) is 1. The third-order valence-electron chi connectivity index (χ3n) is 5.44. The van der Waals surface area contributed by atoms with Crippen LogP contribution in [0.25, 0.3) is 11.4 Å². The van der Waals surface area contributed by atoms with Gasteiger partial charge in [-0.3, -0.25) is 9.36 Å². The molecule has 0 fully saturated rings. The quantitative estimate of drug-likeness (QED) is 0.314. The van der Waals surface area contributed by atoms with Gasteiger partial charge in [-0.05, 0) is 37.6 Å². The highest BCUT2D eigenvalue weighted by Gasteiger charge is 2.20. The molecule has 0 aliphatic heterocycles. The minimum absolute atomic E-state index is 0.0469. The number of aromatic nitrogens is 3. The molecule has 0 saturated heterocycles. The second-order valence-corrected chi connectivity index (χ2v) is 9.00. The van der Waals surface area contributed by atoms with Crippen molar-refractivity contribution in [3.63, 3.8) is 0 Å². The fourth-order valence-corrected chi connectivity index (χ4v) is 4.71. The molecule has 2 heterocycles. The zero-order valence-electron chi connectivity index (χ0n) is 19.5. The average molecular weight is 477 g/mol. The molecule has 4 rings (SSSR count). The van der Waals surface area contributed by atoms with Gasteiger partial charge in [-0.1, -0.05) is 59.8 Å². The predicted octanol–water partition coefficient (Wildman–Crippen LogP) is 5.28. The maximum atomic E-state index is 12.8. The summed E-state index contributed by atoms with van der Waals surface area (Å²) in [6.45, 7) is 5.03. The van der Waals surface area contributed by atoms with Gasteiger partial charge in [0.25, 0.3) is 5.91 Å². The molecule has 0 radical (unpaired) electrons. The second-order valence-electron chi connectivity index (χ2n) is 8.05. The number of benzene rings is 2. The molecule has 0 saturated carbocycles. The number of carbonyl (C=O) groups is 1. The van der Waals surface area contributed by atoms with E-state index in [4.69, 9.17) is 9.15 Å². The summed E-state index contributed by atoms with van der Waals surface area (Å²) in [5.74, 6) is 1.96. The van der Waals surface area contributed by atoms with E-state index in [1.54, 1.807) is 31.2 Å². The molecule has 0 aliphatic rings. The summed E-state index contributed by atoms with van der Waals surface area (Å²) in [5.41, 5.74) is 3.76. The van der Waals surface area contributed by atoms with Crippen LogP contribution in [0, 0.1) is 6.92 Å². The molecule has 0 aliphatic carbocycles. The fourth-order valence-electron chi connectivity index (χ4n) is 3.67. The normalized spacial score (nSPS) is 12.0. The van der Waals surface area contributed by atoms with Crippen molar-refractivity contribution < 1.29 is 13.9 Å². The molecule has 1 atom stereocenters. The lowest BCUT2D eigenvalue weighted by Gasteiger charge is -2.17. The van der Waals surface area contributed by atoms with Crippen LogP contribution in [0.1, 0.15) is 40.2 Å². The summed E-state index contributed by atoms with van der Waals surface area (Å²) in [6.07, 6.45) is 1.59. The van der Waals surface area contributed by atoms with E-state index in [0.29, 0.717) is 30.2 Å². The first-order chi connectivity index (χ1) is 16.6. The first kappa shape index (κ1) is 23.8. The van der Waals surface area contributed by atoms with Crippen molar-refractivity contribution in [1.29, 1.82) is 0 Å². The Balaban J connectivity index is 1.54. The number of hydrogen-bond acceptors (Lipinski definition) is 6. The lowest BCUT2D eigenvalue weighted by Crippen LogP contribution is -2.23. The van der Waals surface area contributed by atoms with Crippen molar-refractivity contribution >= 4 is 17.7 Å². The Morgan fingerprint density at radius 1 is 1.12 bits per heavy atom. The highest BCUT2D eigenvalue weighted by molar-refractivity contribution is 7.98. The van der Waals surface area contributed by atoms with Gasteiger partial charge in [0.2, 0.25) is 0 Å². The minimum Gasteiger partial charge on any atom is -0.467 e. The maximum Gasteiger partial charge on any atom is 0.251 e. The van der Waals surface area contributed by atoms with Gasteiger partial charge in [0.15, 0.2) is 11.0 Å². The van der Waals surface area contributed by atoms with E-state index < -0.39 is 0 Å². The third-order valence-corrected chi connectivity index (χ3v) is 6.44. The van der Waals surface area contributed by atoms with Gasteiger partial charge in [-0.15, -0.1) is 10.2 Å². The van der Waals surface area contributed by atoms with Crippen LogP contribution in [-0.4, -0.2) is 34.4 Å². The van der Waals surface area contributed by atoms with Crippen LogP contribution < -0.4 is 5.32 Å². The average Bonchev–Trinajstić information content (AvgIpc) is 3.52. The van der Waals surface area contributed by atoms with E-state index in [1.165, 1.54) is 5.56 Å². The Hall–Kier alpha value is -3.36. The summed E-state index contributed by atoms with van der Waals surface area (Å²) in [7, 11) is 1.69. The van der Waals surface area contributed by atoms with Crippen molar-refractivity contribution in [2.75, 3.05) is 13.7 Å². The molecule has 2 aromatic heterocycles. The number of thioether (sulfide) groups is 1. The monoisotopic (exact) mass is 476 g/mol. The third kappa shape index (κ3) is 5.58. The molecule has 34 heavy (non-hydrogen) atoms. The largest absolute Gasteiger partial charge is 0.467 e. The van der Waals surface area contributed by atoms with Crippen LogP contribution in [0.3, 0.4) is 0 Å². The van der Waals surface area contributed by atoms with Crippen LogP contribution in [0.2, 0.25) is 0 Å². The first-order valence-corrected chi connectivity index (χ1v) is 12.1. The summed E-state index contributed by atoms with van der Waals surface area (Å²) in [5, 5.41) is 12.7. The number of rotatable bonds is 10. The van der Waals surface area contributed by atoms with E-state index >= 15 is 0 Å². The van der Waals surface area contributed by atoms with Crippen LogP contribution in [0.15, 0.2) is 76.5 Å². The van der Waals surface area contributed by atoms with E-state index in [0.717, 1.165) is 22.1 Å². The number of amides is 1. The zero-order chi connectivity index (χ0) is 23.9. The highest BCUT2D eigenvalue weighted by atomic mass is 32.2. The molecule has 7 nitrogen and oxygen atoms in total.